The van der Waals surface area contributed by atoms with Crippen LogP contribution in [0.25, 0.3) is 5.69 Å². The Morgan fingerprint density at radius 3 is 2.95 bits per heavy atom. The van der Waals surface area contributed by atoms with Crippen molar-refractivity contribution in [2.75, 3.05) is 7.11 Å². The Labute approximate surface area is 120 Å². The second-order valence-corrected chi connectivity index (χ2v) is 5.16. The van der Waals surface area contributed by atoms with E-state index in [1.165, 1.54) is 0 Å². The van der Waals surface area contributed by atoms with Crippen LogP contribution in [0.1, 0.15) is 31.5 Å². The van der Waals surface area contributed by atoms with Crippen LogP contribution in [0, 0.1) is 0 Å². The van der Waals surface area contributed by atoms with Gasteiger partial charge in [0.25, 0.3) is 0 Å². The van der Waals surface area contributed by atoms with Gasteiger partial charge in [-0.2, -0.15) is 0 Å². The van der Waals surface area contributed by atoms with E-state index in [4.69, 9.17) is 10.5 Å². The molecule has 0 aliphatic carbocycles. The second-order valence-electron chi connectivity index (χ2n) is 4.30. The zero-order valence-corrected chi connectivity index (χ0v) is 12.6. The first-order valence-corrected chi connectivity index (χ1v) is 6.96. The summed E-state index contributed by atoms with van der Waals surface area (Å²) in [5.74, 6) is 0.757. The molecule has 2 rings (SSSR count). The Balaban J connectivity index is 2.27. The Morgan fingerprint density at radius 2 is 2.26 bits per heavy atom. The number of aromatic nitrogens is 3. The summed E-state index contributed by atoms with van der Waals surface area (Å²) in [7, 11) is 1.63. The van der Waals surface area contributed by atoms with E-state index in [9.17, 15) is 0 Å². The van der Waals surface area contributed by atoms with E-state index in [1.54, 1.807) is 11.8 Å². The van der Waals surface area contributed by atoms with Crippen LogP contribution in [0.3, 0.4) is 0 Å². The molecule has 1 aromatic heterocycles. The number of hydrogen-bond acceptors (Lipinski definition) is 4. The summed E-state index contributed by atoms with van der Waals surface area (Å²) in [6.07, 6.45) is 3.80. The molecule has 0 bridgehead atoms. The maximum absolute atomic E-state index is 6.03. The highest BCUT2D eigenvalue weighted by molar-refractivity contribution is 9.10. The largest absolute Gasteiger partial charge is 0.495 e. The monoisotopic (exact) mass is 324 g/mol. The molecular formula is C13H17BrN4O. The van der Waals surface area contributed by atoms with Crippen LogP contribution in [0.5, 0.6) is 5.75 Å². The fourth-order valence-corrected chi connectivity index (χ4v) is 2.23. The SMILES string of the molecule is CCCC(N)c1cn(-c2ccc(Br)c(OC)c2)nn1. The van der Waals surface area contributed by atoms with Gasteiger partial charge in [0.05, 0.1) is 35.2 Å². The minimum absolute atomic E-state index is 0.0592. The van der Waals surface area contributed by atoms with Gasteiger partial charge in [0.1, 0.15) is 5.75 Å². The van der Waals surface area contributed by atoms with Gasteiger partial charge in [0.15, 0.2) is 0 Å². The molecule has 0 radical (unpaired) electrons. The third-order valence-electron chi connectivity index (χ3n) is 2.89. The Morgan fingerprint density at radius 1 is 1.47 bits per heavy atom. The van der Waals surface area contributed by atoms with Crippen molar-refractivity contribution in [2.45, 2.75) is 25.8 Å². The van der Waals surface area contributed by atoms with E-state index in [0.717, 1.165) is 34.4 Å². The number of hydrogen-bond donors (Lipinski definition) is 1. The molecule has 2 aromatic rings. The lowest BCUT2D eigenvalue weighted by Gasteiger charge is -2.06. The summed E-state index contributed by atoms with van der Waals surface area (Å²) in [6.45, 7) is 2.10. The van der Waals surface area contributed by atoms with Crippen molar-refractivity contribution >= 4 is 15.9 Å². The van der Waals surface area contributed by atoms with E-state index in [0.29, 0.717) is 0 Å². The van der Waals surface area contributed by atoms with E-state index in [1.807, 2.05) is 24.4 Å². The second kappa shape index (κ2) is 6.16. The fourth-order valence-electron chi connectivity index (χ4n) is 1.82. The van der Waals surface area contributed by atoms with Crippen LogP contribution in [0.4, 0.5) is 0 Å². The number of benzene rings is 1. The number of nitrogens with zero attached hydrogens (tertiary/aromatic N) is 3. The van der Waals surface area contributed by atoms with Crippen molar-refractivity contribution in [2.24, 2.45) is 5.73 Å². The summed E-state index contributed by atoms with van der Waals surface area (Å²) in [5.41, 5.74) is 7.73. The smallest absolute Gasteiger partial charge is 0.135 e. The molecule has 19 heavy (non-hydrogen) atoms. The lowest BCUT2D eigenvalue weighted by molar-refractivity contribution is 0.412. The van der Waals surface area contributed by atoms with E-state index in [2.05, 4.69) is 33.2 Å². The quantitative estimate of drug-likeness (QED) is 0.918. The molecule has 0 spiro atoms. The first kappa shape index (κ1) is 14.0. The molecule has 1 aromatic carbocycles. The summed E-state index contributed by atoms with van der Waals surface area (Å²) in [5, 5.41) is 8.24. The fraction of sp³-hybridized carbons (Fsp3) is 0.385. The average molecular weight is 325 g/mol. The van der Waals surface area contributed by atoms with Crippen molar-refractivity contribution in [1.82, 2.24) is 15.0 Å². The Kier molecular flexibility index (Phi) is 4.55. The molecule has 0 saturated carbocycles. The van der Waals surface area contributed by atoms with Crippen LogP contribution >= 0.6 is 15.9 Å². The highest BCUT2D eigenvalue weighted by Crippen LogP contribution is 2.27. The molecule has 1 unspecified atom stereocenters. The number of nitrogens with two attached hydrogens (primary N) is 1. The molecule has 0 fully saturated rings. The summed E-state index contributed by atoms with van der Waals surface area (Å²) >= 11 is 3.42. The predicted octanol–water partition coefficient (Wildman–Crippen LogP) is 2.84. The molecule has 1 atom stereocenters. The zero-order valence-electron chi connectivity index (χ0n) is 11.0. The first-order valence-electron chi connectivity index (χ1n) is 6.17. The molecule has 5 nitrogen and oxygen atoms in total. The Hall–Kier alpha value is -1.40. The molecule has 2 N–H and O–H groups in total. The molecule has 0 aliphatic rings. The van der Waals surface area contributed by atoms with Gasteiger partial charge >= 0.3 is 0 Å². The standard InChI is InChI=1S/C13H17BrN4O/c1-3-4-11(15)12-8-18(17-16-12)9-5-6-10(14)13(7-9)19-2/h5-8,11H,3-4,15H2,1-2H3. The van der Waals surface area contributed by atoms with E-state index in [-0.39, 0.29) is 6.04 Å². The maximum Gasteiger partial charge on any atom is 0.135 e. The van der Waals surface area contributed by atoms with Crippen LogP contribution in [0.2, 0.25) is 0 Å². The first-order chi connectivity index (χ1) is 9.15. The topological polar surface area (TPSA) is 66.0 Å². The molecule has 1 heterocycles. The third kappa shape index (κ3) is 3.13. The van der Waals surface area contributed by atoms with Crippen LogP contribution in [-0.2, 0) is 0 Å². The zero-order chi connectivity index (χ0) is 13.8. The van der Waals surface area contributed by atoms with Gasteiger partial charge in [0.2, 0.25) is 0 Å². The van der Waals surface area contributed by atoms with Gasteiger partial charge in [0, 0.05) is 6.07 Å². The number of rotatable bonds is 5. The van der Waals surface area contributed by atoms with Crippen molar-refractivity contribution in [3.05, 3.63) is 34.6 Å². The van der Waals surface area contributed by atoms with Gasteiger partial charge < -0.3 is 10.5 Å². The van der Waals surface area contributed by atoms with Gasteiger partial charge in [-0.1, -0.05) is 18.6 Å². The molecular weight excluding hydrogens is 308 g/mol. The number of ether oxygens (including phenoxy) is 1. The summed E-state index contributed by atoms with van der Waals surface area (Å²) in [6, 6.07) is 5.70. The van der Waals surface area contributed by atoms with Crippen LogP contribution < -0.4 is 10.5 Å². The van der Waals surface area contributed by atoms with Crippen LogP contribution in [-0.4, -0.2) is 22.1 Å². The Bertz CT molecular complexity index is 555. The van der Waals surface area contributed by atoms with Gasteiger partial charge in [-0.15, -0.1) is 5.10 Å². The van der Waals surface area contributed by atoms with E-state index >= 15 is 0 Å². The van der Waals surface area contributed by atoms with Gasteiger partial charge in [-0.3, -0.25) is 0 Å². The average Bonchev–Trinajstić information content (AvgIpc) is 2.89. The highest BCUT2D eigenvalue weighted by atomic mass is 79.9. The lowest BCUT2D eigenvalue weighted by Crippen LogP contribution is -2.10. The molecule has 0 amide bonds. The van der Waals surface area contributed by atoms with Crippen LogP contribution in [0.15, 0.2) is 28.9 Å². The molecule has 0 aliphatic heterocycles. The van der Waals surface area contributed by atoms with Crippen molar-refractivity contribution < 1.29 is 4.74 Å². The molecule has 102 valence electrons. The van der Waals surface area contributed by atoms with Gasteiger partial charge in [-0.05, 0) is 34.5 Å². The van der Waals surface area contributed by atoms with E-state index < -0.39 is 0 Å². The minimum Gasteiger partial charge on any atom is -0.495 e. The maximum atomic E-state index is 6.03. The lowest BCUT2D eigenvalue weighted by atomic mass is 10.1. The van der Waals surface area contributed by atoms with Gasteiger partial charge in [-0.25, -0.2) is 4.68 Å². The summed E-state index contributed by atoms with van der Waals surface area (Å²) < 4.78 is 7.88. The summed E-state index contributed by atoms with van der Waals surface area (Å²) in [4.78, 5) is 0. The van der Waals surface area contributed by atoms with Crippen molar-refractivity contribution in [3.8, 4) is 11.4 Å². The van der Waals surface area contributed by atoms with Crippen molar-refractivity contribution in [3.63, 3.8) is 0 Å². The third-order valence-corrected chi connectivity index (χ3v) is 3.55. The number of methoxy groups -OCH3 is 1. The predicted molar refractivity (Wildman–Crippen MR) is 77.4 cm³/mol. The molecule has 6 heteroatoms. The number of halogens is 1. The van der Waals surface area contributed by atoms with Crippen molar-refractivity contribution in [1.29, 1.82) is 0 Å². The highest BCUT2D eigenvalue weighted by Gasteiger charge is 2.11. The normalized spacial score (nSPS) is 12.4. The minimum atomic E-state index is -0.0592. The molecule has 0 saturated heterocycles.